The fourth-order valence-electron chi connectivity index (χ4n) is 2.83. The van der Waals surface area contributed by atoms with E-state index in [9.17, 15) is 9.59 Å². The predicted octanol–water partition coefficient (Wildman–Crippen LogP) is 2.33. The van der Waals surface area contributed by atoms with E-state index in [1.165, 1.54) is 0 Å². The highest BCUT2D eigenvalue weighted by Crippen LogP contribution is 2.07. The number of carbonyl (C=O) groups excluding carboxylic acids is 2. The van der Waals surface area contributed by atoms with Crippen molar-refractivity contribution in [2.75, 3.05) is 33.7 Å². The van der Waals surface area contributed by atoms with Crippen molar-refractivity contribution in [2.45, 2.75) is 65.0 Å². The van der Waals surface area contributed by atoms with E-state index >= 15 is 0 Å². The van der Waals surface area contributed by atoms with Gasteiger partial charge < -0.3 is 25.6 Å². The Morgan fingerprint density at radius 2 is 2.00 bits per heavy atom. The first kappa shape index (κ1) is 27.2. The van der Waals surface area contributed by atoms with Crippen molar-refractivity contribution < 1.29 is 14.3 Å². The van der Waals surface area contributed by atoms with Gasteiger partial charge in [-0.2, -0.15) is 0 Å². The molecule has 2 amide bonds. The number of nitrogens with zero attached hydrogens (tertiary/aromatic N) is 3. The number of amides is 2. The maximum atomic E-state index is 12.5. The van der Waals surface area contributed by atoms with Gasteiger partial charge in [-0.05, 0) is 39.3 Å². The summed E-state index contributed by atoms with van der Waals surface area (Å²) in [6, 6.07) is 5.72. The van der Waals surface area contributed by atoms with E-state index in [0.29, 0.717) is 25.5 Å². The Bertz CT molecular complexity index is 718. The first-order chi connectivity index (χ1) is 15.1. The third-order valence-corrected chi connectivity index (χ3v) is 4.62. The first-order valence-electron chi connectivity index (χ1n) is 11.2. The summed E-state index contributed by atoms with van der Waals surface area (Å²) in [5.74, 6) is 0.476. The lowest BCUT2D eigenvalue weighted by Gasteiger charge is -2.24. The molecule has 0 aliphatic heterocycles. The van der Waals surface area contributed by atoms with Crippen molar-refractivity contribution in [1.29, 1.82) is 0 Å². The highest BCUT2D eigenvalue weighted by atomic mass is 16.6. The smallest absolute Gasteiger partial charge is 0.407 e. The Balaban J connectivity index is 2.50. The number of guanidine groups is 1. The number of likely N-dealkylation sites (N-methyl/N-ethyl adjacent to an activating group) is 1. The number of ether oxygens (including phenoxy) is 1. The summed E-state index contributed by atoms with van der Waals surface area (Å²) in [5, 5.41) is 9.17. The van der Waals surface area contributed by atoms with Gasteiger partial charge in [-0.1, -0.05) is 25.8 Å². The van der Waals surface area contributed by atoms with Crippen molar-refractivity contribution in [3.05, 3.63) is 30.1 Å². The fourth-order valence-corrected chi connectivity index (χ4v) is 2.83. The van der Waals surface area contributed by atoms with Gasteiger partial charge >= 0.3 is 6.09 Å². The molecule has 0 aliphatic rings. The summed E-state index contributed by atoms with van der Waals surface area (Å²) in [5.41, 5.74) is 0.408. The second-order valence-corrected chi connectivity index (χ2v) is 8.68. The molecule has 1 rings (SSSR count). The van der Waals surface area contributed by atoms with Gasteiger partial charge in [-0.3, -0.25) is 14.8 Å². The summed E-state index contributed by atoms with van der Waals surface area (Å²) < 4.78 is 5.31. The van der Waals surface area contributed by atoms with Gasteiger partial charge in [0.15, 0.2) is 5.96 Å². The zero-order chi connectivity index (χ0) is 24.0. The van der Waals surface area contributed by atoms with Gasteiger partial charge in [-0.25, -0.2) is 4.79 Å². The van der Waals surface area contributed by atoms with Gasteiger partial charge in [0.25, 0.3) is 0 Å². The minimum Gasteiger partial charge on any atom is -0.444 e. The highest BCUT2D eigenvalue weighted by molar-refractivity contribution is 5.86. The Kier molecular flexibility index (Phi) is 12.1. The van der Waals surface area contributed by atoms with E-state index in [-0.39, 0.29) is 18.5 Å². The van der Waals surface area contributed by atoms with Crippen LogP contribution in [0.4, 0.5) is 4.79 Å². The van der Waals surface area contributed by atoms with Crippen LogP contribution in [0.5, 0.6) is 0 Å². The number of hydrogen-bond acceptors (Lipinski definition) is 5. The Morgan fingerprint density at radius 3 is 2.59 bits per heavy atom. The largest absolute Gasteiger partial charge is 0.444 e. The van der Waals surface area contributed by atoms with Gasteiger partial charge in [-0.15, -0.1) is 0 Å². The standard InChI is InChI=1S/C23H40N6O3/c1-7-8-11-19(16-27-22(31)32-23(2,3)4)28-21(24-5)26-17-20(30)29(6)15-13-18-12-9-10-14-25-18/h9-10,12,14,19H,7-8,11,13,15-17H2,1-6H3,(H,27,31)(H2,24,26,28). The molecule has 0 saturated heterocycles. The van der Waals surface area contributed by atoms with Crippen LogP contribution in [0.3, 0.4) is 0 Å². The van der Waals surface area contributed by atoms with Crippen molar-refractivity contribution in [2.24, 2.45) is 4.99 Å². The molecule has 3 N–H and O–H groups in total. The summed E-state index contributed by atoms with van der Waals surface area (Å²) in [4.78, 5) is 34.6. The Labute approximate surface area is 192 Å². The van der Waals surface area contributed by atoms with Gasteiger partial charge in [0.1, 0.15) is 5.60 Å². The molecule has 0 aromatic carbocycles. The maximum Gasteiger partial charge on any atom is 0.407 e. The molecule has 180 valence electrons. The second kappa shape index (κ2) is 14.3. The second-order valence-electron chi connectivity index (χ2n) is 8.68. The molecule has 1 atom stereocenters. The number of nitrogens with one attached hydrogen (secondary N) is 3. The lowest BCUT2D eigenvalue weighted by molar-refractivity contribution is -0.128. The van der Waals surface area contributed by atoms with E-state index in [0.717, 1.165) is 25.0 Å². The van der Waals surface area contributed by atoms with Crippen molar-refractivity contribution in [3.63, 3.8) is 0 Å². The van der Waals surface area contributed by atoms with Crippen LogP contribution < -0.4 is 16.0 Å². The average Bonchev–Trinajstić information content (AvgIpc) is 2.75. The van der Waals surface area contributed by atoms with Crippen LogP contribution in [-0.2, 0) is 16.0 Å². The highest BCUT2D eigenvalue weighted by Gasteiger charge is 2.18. The molecular formula is C23H40N6O3. The number of carbonyl (C=O) groups is 2. The van der Waals surface area contributed by atoms with E-state index in [1.54, 1.807) is 25.2 Å². The van der Waals surface area contributed by atoms with Crippen molar-refractivity contribution in [1.82, 2.24) is 25.8 Å². The Hall–Kier alpha value is -2.84. The minimum absolute atomic E-state index is 0.0364. The van der Waals surface area contributed by atoms with E-state index in [4.69, 9.17) is 4.74 Å². The summed E-state index contributed by atoms with van der Waals surface area (Å²) >= 11 is 0. The van der Waals surface area contributed by atoms with Gasteiger partial charge in [0.2, 0.25) is 5.91 Å². The van der Waals surface area contributed by atoms with E-state index in [2.05, 4.69) is 32.9 Å². The number of aliphatic imine (C=N–C) groups is 1. The van der Waals surface area contributed by atoms with Crippen LogP contribution in [0.25, 0.3) is 0 Å². The van der Waals surface area contributed by atoms with Crippen LogP contribution in [-0.4, -0.2) is 73.2 Å². The number of rotatable bonds is 11. The fraction of sp³-hybridized carbons (Fsp3) is 0.652. The number of pyridine rings is 1. The third-order valence-electron chi connectivity index (χ3n) is 4.62. The van der Waals surface area contributed by atoms with Crippen LogP contribution in [0.2, 0.25) is 0 Å². The third kappa shape index (κ3) is 12.1. The molecule has 0 spiro atoms. The molecule has 9 heteroatoms. The molecular weight excluding hydrogens is 408 g/mol. The van der Waals surface area contributed by atoms with Gasteiger partial charge in [0, 0.05) is 51.5 Å². The average molecular weight is 449 g/mol. The zero-order valence-corrected chi connectivity index (χ0v) is 20.4. The lowest BCUT2D eigenvalue weighted by atomic mass is 10.1. The lowest BCUT2D eigenvalue weighted by Crippen LogP contribution is -2.50. The maximum absolute atomic E-state index is 12.5. The molecule has 0 saturated carbocycles. The number of hydrogen-bond donors (Lipinski definition) is 3. The number of aromatic nitrogens is 1. The summed E-state index contributed by atoms with van der Waals surface area (Å²) in [6.07, 6.45) is 4.89. The molecule has 1 heterocycles. The molecule has 0 radical (unpaired) electrons. The molecule has 0 fully saturated rings. The van der Waals surface area contributed by atoms with Crippen LogP contribution >= 0.6 is 0 Å². The van der Waals surface area contributed by atoms with E-state index < -0.39 is 11.7 Å². The molecule has 1 aromatic rings. The normalized spacial score (nSPS) is 12.6. The zero-order valence-electron chi connectivity index (χ0n) is 20.4. The molecule has 1 aromatic heterocycles. The number of unbranched alkanes of at least 4 members (excludes halogenated alkanes) is 1. The Morgan fingerprint density at radius 1 is 1.25 bits per heavy atom. The topological polar surface area (TPSA) is 108 Å². The van der Waals surface area contributed by atoms with Crippen molar-refractivity contribution >= 4 is 18.0 Å². The van der Waals surface area contributed by atoms with Gasteiger partial charge in [0.05, 0.1) is 6.54 Å². The van der Waals surface area contributed by atoms with Crippen LogP contribution in [0.15, 0.2) is 29.4 Å². The summed E-state index contributed by atoms with van der Waals surface area (Å²) in [6.45, 7) is 8.71. The molecule has 1 unspecified atom stereocenters. The first-order valence-corrected chi connectivity index (χ1v) is 11.2. The SMILES string of the molecule is CCCCC(CNC(=O)OC(C)(C)C)NC(=NC)NCC(=O)N(C)CCc1ccccn1. The molecule has 0 aliphatic carbocycles. The number of alkyl carbamates (subject to hydrolysis) is 1. The van der Waals surface area contributed by atoms with Crippen LogP contribution in [0.1, 0.15) is 52.7 Å². The van der Waals surface area contributed by atoms with E-state index in [1.807, 2.05) is 39.0 Å². The predicted molar refractivity (Wildman–Crippen MR) is 128 cm³/mol. The van der Waals surface area contributed by atoms with Crippen LogP contribution in [0, 0.1) is 0 Å². The minimum atomic E-state index is -0.545. The molecule has 32 heavy (non-hydrogen) atoms. The van der Waals surface area contributed by atoms with Crippen molar-refractivity contribution in [3.8, 4) is 0 Å². The molecule has 0 bridgehead atoms. The summed E-state index contributed by atoms with van der Waals surface area (Å²) in [7, 11) is 3.43. The quantitative estimate of drug-likeness (QED) is 0.354. The molecule has 9 nitrogen and oxygen atoms in total. The monoisotopic (exact) mass is 448 g/mol.